The van der Waals surface area contributed by atoms with Crippen LogP contribution >= 0.6 is 11.3 Å². The maximum atomic E-state index is 5.95. The molecule has 2 rings (SSSR count). The number of nitrogen functional groups attached to an aromatic ring is 1. The Morgan fingerprint density at radius 1 is 1.16 bits per heavy atom. The van der Waals surface area contributed by atoms with Crippen molar-refractivity contribution < 1.29 is 4.74 Å². The van der Waals surface area contributed by atoms with Crippen LogP contribution in [0.2, 0.25) is 0 Å². The molecule has 0 saturated carbocycles. The number of hydrogen-bond donors (Lipinski definition) is 1. The highest BCUT2D eigenvalue weighted by Gasteiger charge is 2.05. The van der Waals surface area contributed by atoms with Crippen molar-refractivity contribution in [3.05, 3.63) is 40.1 Å². The van der Waals surface area contributed by atoms with Gasteiger partial charge in [-0.3, -0.25) is 0 Å². The highest BCUT2D eigenvalue weighted by atomic mass is 32.1. The molecule has 3 nitrogen and oxygen atoms in total. The molecule has 1 aromatic heterocycles. The van der Waals surface area contributed by atoms with Crippen LogP contribution in [0.5, 0.6) is 5.75 Å². The van der Waals surface area contributed by atoms with Crippen molar-refractivity contribution in [2.24, 2.45) is 0 Å². The largest absolute Gasteiger partial charge is 0.486 e. The Labute approximate surface area is 118 Å². The molecule has 0 atom stereocenters. The predicted molar refractivity (Wildman–Crippen MR) is 83.2 cm³/mol. The van der Waals surface area contributed by atoms with Crippen molar-refractivity contribution in [1.29, 1.82) is 0 Å². The lowest BCUT2D eigenvalue weighted by atomic mass is 10.2. The Hall–Kier alpha value is -1.68. The normalized spacial score (nSPS) is 10.5. The fourth-order valence-corrected chi connectivity index (χ4v) is 2.64. The van der Waals surface area contributed by atoms with Crippen molar-refractivity contribution in [1.82, 2.24) is 0 Å². The van der Waals surface area contributed by atoms with E-state index in [4.69, 9.17) is 10.5 Å². The molecule has 19 heavy (non-hydrogen) atoms. The first-order valence-corrected chi connectivity index (χ1v) is 7.19. The first-order valence-electron chi connectivity index (χ1n) is 6.37. The number of ether oxygens (including phenoxy) is 1. The van der Waals surface area contributed by atoms with E-state index in [9.17, 15) is 0 Å². The average Bonchev–Trinajstić information content (AvgIpc) is 2.85. The van der Waals surface area contributed by atoms with Gasteiger partial charge in [0, 0.05) is 35.6 Å². The topological polar surface area (TPSA) is 38.5 Å². The third-order valence-corrected chi connectivity index (χ3v) is 4.15. The quantitative estimate of drug-likeness (QED) is 0.849. The molecule has 0 amide bonds. The summed E-state index contributed by atoms with van der Waals surface area (Å²) in [4.78, 5) is 4.65. The van der Waals surface area contributed by atoms with Gasteiger partial charge in [0.15, 0.2) is 0 Å². The van der Waals surface area contributed by atoms with Gasteiger partial charge in [0.2, 0.25) is 0 Å². The minimum absolute atomic E-state index is 0.575. The Kier molecular flexibility index (Phi) is 4.32. The van der Waals surface area contributed by atoms with Crippen LogP contribution in [-0.2, 0) is 13.0 Å². The summed E-state index contributed by atoms with van der Waals surface area (Å²) in [6.45, 7) is 2.74. The van der Waals surface area contributed by atoms with Gasteiger partial charge in [-0.1, -0.05) is 6.92 Å². The SMILES string of the molecule is CCc1ccc(COc2cc(N(C)C)ccc2N)s1. The van der Waals surface area contributed by atoms with E-state index in [0.717, 1.165) is 17.9 Å². The van der Waals surface area contributed by atoms with Gasteiger partial charge in [-0.05, 0) is 30.7 Å². The van der Waals surface area contributed by atoms with E-state index in [1.165, 1.54) is 9.75 Å². The van der Waals surface area contributed by atoms with Crippen LogP contribution in [0.1, 0.15) is 16.7 Å². The van der Waals surface area contributed by atoms with Gasteiger partial charge in [0.1, 0.15) is 12.4 Å². The first kappa shape index (κ1) is 13.7. The van der Waals surface area contributed by atoms with E-state index < -0.39 is 0 Å². The van der Waals surface area contributed by atoms with E-state index in [-0.39, 0.29) is 0 Å². The minimum atomic E-state index is 0.575. The second kappa shape index (κ2) is 5.97. The summed E-state index contributed by atoms with van der Waals surface area (Å²) in [6, 6.07) is 10.1. The van der Waals surface area contributed by atoms with Crippen LogP contribution < -0.4 is 15.4 Å². The van der Waals surface area contributed by atoms with Crippen molar-refractivity contribution in [2.75, 3.05) is 24.7 Å². The standard InChI is InChI=1S/C15H20N2OS/c1-4-12-6-7-13(19-12)10-18-15-9-11(17(2)3)5-8-14(15)16/h5-9H,4,10,16H2,1-3H3. The zero-order chi connectivity index (χ0) is 13.8. The molecule has 0 aliphatic carbocycles. The number of anilines is 2. The van der Waals surface area contributed by atoms with E-state index in [1.807, 2.05) is 37.2 Å². The molecule has 4 heteroatoms. The fourth-order valence-electron chi connectivity index (χ4n) is 1.77. The predicted octanol–water partition coefficient (Wildman–Crippen LogP) is 3.54. The lowest BCUT2D eigenvalue weighted by Gasteiger charge is -2.15. The second-order valence-electron chi connectivity index (χ2n) is 4.63. The molecular formula is C15H20N2OS. The molecule has 2 aromatic rings. The summed E-state index contributed by atoms with van der Waals surface area (Å²) >= 11 is 1.79. The van der Waals surface area contributed by atoms with E-state index >= 15 is 0 Å². The Balaban J connectivity index is 2.08. The summed E-state index contributed by atoms with van der Waals surface area (Å²) < 4.78 is 5.83. The highest BCUT2D eigenvalue weighted by Crippen LogP contribution is 2.28. The lowest BCUT2D eigenvalue weighted by molar-refractivity contribution is 0.311. The van der Waals surface area contributed by atoms with Gasteiger partial charge in [-0.15, -0.1) is 11.3 Å². The van der Waals surface area contributed by atoms with Gasteiger partial charge >= 0.3 is 0 Å². The summed E-state index contributed by atoms with van der Waals surface area (Å²) in [5, 5.41) is 0. The third kappa shape index (κ3) is 3.41. The van der Waals surface area contributed by atoms with Crippen LogP contribution in [-0.4, -0.2) is 14.1 Å². The lowest BCUT2D eigenvalue weighted by Crippen LogP contribution is -2.09. The molecule has 0 spiro atoms. The van der Waals surface area contributed by atoms with E-state index in [2.05, 4.69) is 19.1 Å². The maximum absolute atomic E-state index is 5.95. The Morgan fingerprint density at radius 3 is 2.53 bits per heavy atom. The summed E-state index contributed by atoms with van der Waals surface area (Å²) in [7, 11) is 4.00. The van der Waals surface area contributed by atoms with Crippen LogP contribution in [0.25, 0.3) is 0 Å². The number of hydrogen-bond acceptors (Lipinski definition) is 4. The summed E-state index contributed by atoms with van der Waals surface area (Å²) in [6.07, 6.45) is 1.07. The van der Waals surface area contributed by atoms with Crippen molar-refractivity contribution in [3.63, 3.8) is 0 Å². The number of benzene rings is 1. The number of rotatable bonds is 5. The minimum Gasteiger partial charge on any atom is -0.486 e. The fraction of sp³-hybridized carbons (Fsp3) is 0.333. The molecule has 0 aliphatic heterocycles. The highest BCUT2D eigenvalue weighted by molar-refractivity contribution is 7.11. The molecule has 0 radical (unpaired) electrons. The molecular weight excluding hydrogens is 256 g/mol. The zero-order valence-corrected chi connectivity index (χ0v) is 12.5. The monoisotopic (exact) mass is 276 g/mol. The van der Waals surface area contributed by atoms with Crippen molar-refractivity contribution >= 4 is 22.7 Å². The molecule has 0 fully saturated rings. The van der Waals surface area contributed by atoms with Crippen LogP contribution in [0.15, 0.2) is 30.3 Å². The summed E-state index contributed by atoms with van der Waals surface area (Å²) in [5.74, 6) is 0.748. The van der Waals surface area contributed by atoms with Crippen LogP contribution in [0.4, 0.5) is 11.4 Å². The van der Waals surface area contributed by atoms with Gasteiger partial charge in [0.25, 0.3) is 0 Å². The Morgan fingerprint density at radius 2 is 1.89 bits per heavy atom. The smallest absolute Gasteiger partial charge is 0.144 e. The molecule has 2 N–H and O–H groups in total. The maximum Gasteiger partial charge on any atom is 0.144 e. The van der Waals surface area contributed by atoms with Gasteiger partial charge in [-0.2, -0.15) is 0 Å². The average molecular weight is 276 g/mol. The molecule has 0 unspecified atom stereocenters. The molecule has 102 valence electrons. The summed E-state index contributed by atoms with van der Waals surface area (Å²) in [5.41, 5.74) is 7.71. The van der Waals surface area contributed by atoms with Crippen molar-refractivity contribution in [2.45, 2.75) is 20.0 Å². The number of nitrogens with zero attached hydrogens (tertiary/aromatic N) is 1. The number of thiophene rings is 1. The van der Waals surface area contributed by atoms with E-state index in [1.54, 1.807) is 11.3 Å². The van der Waals surface area contributed by atoms with E-state index in [0.29, 0.717) is 12.3 Å². The van der Waals surface area contributed by atoms with Crippen LogP contribution in [0.3, 0.4) is 0 Å². The number of aryl methyl sites for hydroxylation is 1. The van der Waals surface area contributed by atoms with Crippen molar-refractivity contribution in [3.8, 4) is 5.75 Å². The Bertz CT molecular complexity index is 549. The molecule has 1 aromatic carbocycles. The third-order valence-electron chi connectivity index (χ3n) is 2.95. The molecule has 0 bridgehead atoms. The van der Waals surface area contributed by atoms with Gasteiger partial charge in [0.05, 0.1) is 5.69 Å². The second-order valence-corrected chi connectivity index (χ2v) is 5.88. The zero-order valence-electron chi connectivity index (χ0n) is 11.6. The van der Waals surface area contributed by atoms with Gasteiger partial charge < -0.3 is 15.4 Å². The van der Waals surface area contributed by atoms with Gasteiger partial charge in [-0.25, -0.2) is 0 Å². The molecule has 0 aliphatic rings. The molecule has 0 saturated heterocycles. The first-order chi connectivity index (χ1) is 9.10. The number of nitrogens with two attached hydrogens (primary N) is 1. The van der Waals surface area contributed by atoms with Crippen LogP contribution in [0, 0.1) is 0 Å². The molecule has 1 heterocycles.